The van der Waals surface area contributed by atoms with Crippen LogP contribution in [0, 0.1) is 6.92 Å². The molecule has 1 N–H and O–H groups in total. The van der Waals surface area contributed by atoms with Crippen LogP contribution in [-0.4, -0.2) is 34.6 Å². The van der Waals surface area contributed by atoms with E-state index in [0.717, 1.165) is 0 Å². The first kappa shape index (κ1) is 16.7. The van der Waals surface area contributed by atoms with Gasteiger partial charge >= 0.3 is 5.97 Å². The van der Waals surface area contributed by atoms with Gasteiger partial charge in [0.1, 0.15) is 12.3 Å². The van der Waals surface area contributed by atoms with E-state index in [4.69, 9.17) is 4.74 Å². The highest BCUT2D eigenvalue weighted by Crippen LogP contribution is 2.14. The van der Waals surface area contributed by atoms with Gasteiger partial charge in [0, 0.05) is 13.5 Å². The Balaban J connectivity index is 2.23. The van der Waals surface area contributed by atoms with Crippen LogP contribution >= 0.6 is 0 Å². The lowest BCUT2D eigenvalue weighted by Gasteiger charge is -2.10. The number of carbonyl (C=O) groups excluding carboxylic acids is 2. The lowest BCUT2D eigenvalue weighted by Crippen LogP contribution is -2.25. The summed E-state index contributed by atoms with van der Waals surface area (Å²) < 4.78 is 6.70. The van der Waals surface area contributed by atoms with Gasteiger partial charge in [-0.15, -0.1) is 0 Å². The van der Waals surface area contributed by atoms with E-state index in [2.05, 4.69) is 10.3 Å². The molecular weight excluding hydrogens is 298 g/mol. The highest BCUT2D eigenvalue weighted by atomic mass is 16.5. The molecule has 1 heterocycles. The lowest BCUT2D eigenvalue weighted by atomic mass is 10.2. The molecular formula is C16H19N3O4. The maximum Gasteiger partial charge on any atom is 0.338 e. The molecule has 0 atom stereocenters. The second-order valence-corrected chi connectivity index (χ2v) is 5.07. The van der Waals surface area contributed by atoms with Crippen LogP contribution < -0.4 is 10.9 Å². The summed E-state index contributed by atoms with van der Waals surface area (Å²) in [6.45, 7) is 5.81. The number of hydrogen-bond acceptors (Lipinski definition) is 5. The average molecular weight is 317 g/mol. The molecule has 7 heteroatoms. The van der Waals surface area contributed by atoms with Crippen molar-refractivity contribution in [2.24, 2.45) is 0 Å². The number of nitrogens with zero attached hydrogens (tertiary/aromatic N) is 2. The van der Waals surface area contributed by atoms with Gasteiger partial charge in [0.25, 0.3) is 5.56 Å². The third-order valence-electron chi connectivity index (χ3n) is 3.37. The van der Waals surface area contributed by atoms with Crippen molar-refractivity contribution in [3.05, 3.63) is 39.8 Å². The summed E-state index contributed by atoms with van der Waals surface area (Å²) in [7, 11) is 0. The maximum atomic E-state index is 12.0. The molecule has 23 heavy (non-hydrogen) atoms. The van der Waals surface area contributed by atoms with Gasteiger partial charge in [0.2, 0.25) is 5.91 Å². The van der Waals surface area contributed by atoms with Gasteiger partial charge < -0.3 is 14.6 Å². The van der Waals surface area contributed by atoms with Gasteiger partial charge in [-0.25, -0.2) is 9.78 Å². The highest BCUT2D eigenvalue weighted by Gasteiger charge is 2.12. The first-order valence-corrected chi connectivity index (χ1v) is 7.36. The summed E-state index contributed by atoms with van der Waals surface area (Å²) >= 11 is 0. The molecule has 0 bridgehead atoms. The molecule has 1 amide bonds. The van der Waals surface area contributed by atoms with E-state index in [0.29, 0.717) is 28.8 Å². The third-order valence-corrected chi connectivity index (χ3v) is 3.37. The minimum Gasteiger partial charge on any atom is -0.460 e. The molecule has 1 aromatic heterocycles. The monoisotopic (exact) mass is 317 g/mol. The number of aromatic nitrogens is 2. The molecule has 2 rings (SSSR count). The van der Waals surface area contributed by atoms with Gasteiger partial charge in [-0.1, -0.05) is 0 Å². The predicted molar refractivity (Wildman–Crippen MR) is 85.4 cm³/mol. The Bertz CT molecular complexity index is 811. The van der Waals surface area contributed by atoms with Crippen LogP contribution in [0.15, 0.2) is 23.0 Å². The molecule has 0 unspecified atom stereocenters. The zero-order valence-electron chi connectivity index (χ0n) is 13.4. The molecule has 122 valence electrons. The Morgan fingerprint density at radius 2 is 2.09 bits per heavy atom. The number of rotatable bonds is 5. The van der Waals surface area contributed by atoms with E-state index in [-0.39, 0.29) is 24.6 Å². The van der Waals surface area contributed by atoms with Crippen molar-refractivity contribution < 1.29 is 14.3 Å². The number of aryl methyl sites for hydroxylation is 2. The molecule has 1 aromatic carbocycles. The number of nitrogens with one attached hydrogen (secondary N) is 1. The van der Waals surface area contributed by atoms with Crippen molar-refractivity contribution in [2.45, 2.75) is 27.3 Å². The Morgan fingerprint density at radius 1 is 1.35 bits per heavy atom. The van der Waals surface area contributed by atoms with Crippen LogP contribution in [0.2, 0.25) is 0 Å². The van der Waals surface area contributed by atoms with E-state index in [1.807, 2.05) is 6.92 Å². The molecule has 7 nitrogen and oxygen atoms in total. The summed E-state index contributed by atoms with van der Waals surface area (Å²) in [5, 5.41) is 2.54. The second-order valence-electron chi connectivity index (χ2n) is 5.07. The number of carbonyl (C=O) groups is 2. The molecule has 2 aromatic rings. The van der Waals surface area contributed by atoms with Gasteiger partial charge in [0.15, 0.2) is 0 Å². The van der Waals surface area contributed by atoms with Gasteiger partial charge in [-0.2, -0.15) is 0 Å². The van der Waals surface area contributed by atoms with Crippen LogP contribution in [-0.2, 0) is 16.1 Å². The van der Waals surface area contributed by atoms with Gasteiger partial charge in [0.05, 0.1) is 23.1 Å². The molecule has 0 fully saturated rings. The molecule has 0 aliphatic heterocycles. The molecule has 0 saturated heterocycles. The van der Waals surface area contributed by atoms with Crippen LogP contribution in [0.25, 0.3) is 11.0 Å². The van der Waals surface area contributed by atoms with Crippen LogP contribution in [0.5, 0.6) is 0 Å². The number of esters is 1. The number of benzene rings is 1. The van der Waals surface area contributed by atoms with E-state index >= 15 is 0 Å². The van der Waals surface area contributed by atoms with Crippen molar-refractivity contribution in [1.29, 1.82) is 0 Å². The number of fused-ring (bicyclic) bond motifs is 1. The quantitative estimate of drug-likeness (QED) is 0.657. The zero-order chi connectivity index (χ0) is 17.0. The summed E-state index contributed by atoms with van der Waals surface area (Å²) in [6, 6.07) is 4.90. The third kappa shape index (κ3) is 3.74. The molecule has 0 radical (unpaired) electrons. The van der Waals surface area contributed by atoms with Crippen molar-refractivity contribution in [3.63, 3.8) is 0 Å². The average Bonchev–Trinajstić information content (AvgIpc) is 2.52. The SMILES string of the molecule is CCn1c(=O)c(C)nc2cc(C(=O)OCCNC(C)=O)ccc21. The van der Waals surface area contributed by atoms with Gasteiger partial charge in [-0.05, 0) is 32.0 Å². The minimum absolute atomic E-state index is 0.0946. The van der Waals surface area contributed by atoms with Crippen LogP contribution in [0.1, 0.15) is 29.9 Å². The zero-order valence-corrected chi connectivity index (χ0v) is 13.4. The molecule has 0 aliphatic rings. The highest BCUT2D eigenvalue weighted by molar-refractivity contribution is 5.93. The van der Waals surface area contributed by atoms with Crippen molar-refractivity contribution in [3.8, 4) is 0 Å². The lowest BCUT2D eigenvalue weighted by molar-refractivity contribution is -0.119. The number of ether oxygens (including phenoxy) is 1. The van der Waals surface area contributed by atoms with Gasteiger partial charge in [-0.3, -0.25) is 9.59 Å². The maximum absolute atomic E-state index is 12.0. The summed E-state index contributed by atoms with van der Waals surface area (Å²) in [6.07, 6.45) is 0. The van der Waals surface area contributed by atoms with Crippen molar-refractivity contribution >= 4 is 22.9 Å². The Hall–Kier alpha value is -2.70. The standard InChI is InChI=1S/C16H19N3O4/c1-4-19-14-6-5-12(9-13(14)18-10(2)15(19)21)16(22)23-8-7-17-11(3)20/h5-6,9H,4,7-8H2,1-3H3,(H,17,20). The topological polar surface area (TPSA) is 90.3 Å². The summed E-state index contributed by atoms with van der Waals surface area (Å²) in [4.78, 5) is 39.0. The fourth-order valence-electron chi connectivity index (χ4n) is 2.27. The van der Waals surface area contributed by atoms with E-state index in [1.165, 1.54) is 6.92 Å². The minimum atomic E-state index is -0.494. The van der Waals surface area contributed by atoms with E-state index in [1.54, 1.807) is 29.7 Å². The van der Waals surface area contributed by atoms with E-state index < -0.39 is 5.97 Å². The summed E-state index contributed by atoms with van der Waals surface area (Å²) in [5.41, 5.74) is 1.85. The largest absolute Gasteiger partial charge is 0.460 e. The first-order valence-electron chi connectivity index (χ1n) is 7.36. The molecule has 0 saturated carbocycles. The Kier molecular flexibility index (Phi) is 5.10. The van der Waals surface area contributed by atoms with Crippen molar-refractivity contribution in [2.75, 3.05) is 13.2 Å². The van der Waals surface area contributed by atoms with Crippen LogP contribution in [0.4, 0.5) is 0 Å². The predicted octanol–water partition coefficient (Wildman–Crippen LogP) is 1.02. The Morgan fingerprint density at radius 3 is 2.74 bits per heavy atom. The fourth-order valence-corrected chi connectivity index (χ4v) is 2.27. The van der Waals surface area contributed by atoms with Crippen molar-refractivity contribution in [1.82, 2.24) is 14.9 Å². The fraction of sp³-hybridized carbons (Fsp3) is 0.375. The normalized spacial score (nSPS) is 10.6. The van der Waals surface area contributed by atoms with E-state index in [9.17, 15) is 14.4 Å². The number of hydrogen-bond donors (Lipinski definition) is 1. The summed E-state index contributed by atoms with van der Waals surface area (Å²) in [5.74, 6) is -0.671. The Labute approximate surface area is 133 Å². The molecule has 0 spiro atoms. The first-order chi connectivity index (χ1) is 10.9. The smallest absolute Gasteiger partial charge is 0.338 e. The molecule has 0 aliphatic carbocycles. The number of amides is 1. The second kappa shape index (κ2) is 7.04. The van der Waals surface area contributed by atoms with Crippen LogP contribution in [0.3, 0.4) is 0 Å².